The number of hydrogen-bond acceptors (Lipinski definition) is 10. The zero-order valence-corrected chi connectivity index (χ0v) is 22.6. The molecule has 1 aromatic carbocycles. The third-order valence-corrected chi connectivity index (χ3v) is 6.79. The standard InChI is InChI=1S/C26H32N6O6S/c1-3-20(32-13-12-28-24(26(32)37)27-11-7-10-22-29-17(2)31-38-22)25(36)30-19(14-23(34)35)21(33)16-39-15-18-8-5-4-6-9-18/h4-6,8-9,12-13,19-20H,3,7,10-11,14-16H2,1-2H3,(H,27,28)(H,30,36)(H,34,35)/t19-,20-/m0/s1. The molecule has 1 amide bonds. The number of amides is 1. The number of carboxylic acid groups (broad SMARTS) is 1. The fraction of sp³-hybridized carbons (Fsp3) is 0.423. The second kappa shape index (κ2) is 14.8. The van der Waals surface area contributed by atoms with E-state index in [9.17, 15) is 24.3 Å². The van der Waals surface area contributed by atoms with E-state index in [0.29, 0.717) is 36.9 Å². The molecule has 0 radical (unpaired) electrons. The Balaban J connectivity index is 1.61. The summed E-state index contributed by atoms with van der Waals surface area (Å²) in [5.74, 6) is -0.491. The van der Waals surface area contributed by atoms with Crippen LogP contribution in [0.5, 0.6) is 0 Å². The Hall–Kier alpha value is -4.00. The number of aryl methyl sites for hydroxylation is 2. The summed E-state index contributed by atoms with van der Waals surface area (Å²) >= 11 is 1.34. The smallest absolute Gasteiger partial charge is 0.305 e. The van der Waals surface area contributed by atoms with E-state index in [-0.39, 0.29) is 18.0 Å². The molecule has 0 unspecified atom stereocenters. The summed E-state index contributed by atoms with van der Waals surface area (Å²) in [6, 6.07) is 7.39. The van der Waals surface area contributed by atoms with Gasteiger partial charge in [0.25, 0.3) is 5.56 Å². The van der Waals surface area contributed by atoms with Gasteiger partial charge in [-0.15, -0.1) is 11.8 Å². The molecule has 12 nitrogen and oxygen atoms in total. The number of rotatable bonds is 16. The van der Waals surface area contributed by atoms with Gasteiger partial charge < -0.3 is 20.3 Å². The second-order valence-electron chi connectivity index (χ2n) is 8.78. The molecule has 0 aliphatic carbocycles. The van der Waals surface area contributed by atoms with Gasteiger partial charge >= 0.3 is 5.97 Å². The third-order valence-electron chi connectivity index (χ3n) is 5.76. The van der Waals surface area contributed by atoms with Gasteiger partial charge in [0.15, 0.2) is 17.4 Å². The van der Waals surface area contributed by atoms with Gasteiger partial charge in [-0.2, -0.15) is 4.98 Å². The van der Waals surface area contributed by atoms with Crippen LogP contribution in [0.1, 0.15) is 49.5 Å². The van der Waals surface area contributed by atoms with E-state index in [4.69, 9.17) is 4.52 Å². The molecule has 3 N–H and O–H groups in total. The Morgan fingerprint density at radius 3 is 2.64 bits per heavy atom. The summed E-state index contributed by atoms with van der Waals surface area (Å²) in [6.45, 7) is 3.86. The number of thioether (sulfide) groups is 1. The molecule has 208 valence electrons. The number of ketones is 1. The maximum atomic E-state index is 13.2. The number of nitrogens with one attached hydrogen (secondary N) is 2. The normalized spacial score (nSPS) is 12.5. The molecule has 2 atom stereocenters. The number of nitrogens with zero attached hydrogens (tertiary/aromatic N) is 4. The molecule has 0 fully saturated rings. The molecule has 13 heteroatoms. The summed E-state index contributed by atoms with van der Waals surface area (Å²) in [5.41, 5.74) is 0.527. The number of Topliss-reactive ketones (excluding diaryl/α,β-unsaturated/α-hetero) is 1. The highest BCUT2D eigenvalue weighted by atomic mass is 32.2. The molecule has 3 rings (SSSR count). The fourth-order valence-electron chi connectivity index (χ4n) is 3.82. The first-order chi connectivity index (χ1) is 18.8. The molecule has 2 heterocycles. The highest BCUT2D eigenvalue weighted by Crippen LogP contribution is 2.15. The second-order valence-corrected chi connectivity index (χ2v) is 9.77. The quantitative estimate of drug-likeness (QED) is 0.221. The first kappa shape index (κ1) is 29.6. The van der Waals surface area contributed by atoms with Crippen LogP contribution in [0, 0.1) is 6.92 Å². The number of aliphatic carboxylic acids is 1. The Bertz CT molecular complexity index is 1310. The number of benzene rings is 1. The van der Waals surface area contributed by atoms with Gasteiger partial charge in [-0.3, -0.25) is 23.7 Å². The third kappa shape index (κ3) is 9.06. The number of carbonyl (C=O) groups excluding carboxylic acids is 2. The van der Waals surface area contributed by atoms with Crippen LogP contribution in [0.3, 0.4) is 0 Å². The predicted octanol–water partition coefficient (Wildman–Crippen LogP) is 2.39. The van der Waals surface area contributed by atoms with Crippen LogP contribution in [-0.4, -0.2) is 60.8 Å². The number of aromatic nitrogens is 4. The monoisotopic (exact) mass is 556 g/mol. The van der Waals surface area contributed by atoms with Gasteiger partial charge in [0.2, 0.25) is 11.8 Å². The topological polar surface area (TPSA) is 169 Å². The zero-order valence-electron chi connectivity index (χ0n) is 21.8. The van der Waals surface area contributed by atoms with Crippen LogP contribution in [0.2, 0.25) is 0 Å². The van der Waals surface area contributed by atoms with Crippen LogP contribution in [0.25, 0.3) is 0 Å². The molecule has 0 aliphatic heterocycles. The number of anilines is 1. The van der Waals surface area contributed by atoms with Crippen LogP contribution in [0.15, 0.2) is 52.0 Å². The molecule has 3 aromatic rings. The molecule has 39 heavy (non-hydrogen) atoms. The largest absolute Gasteiger partial charge is 0.481 e. The van der Waals surface area contributed by atoms with Crippen molar-refractivity contribution in [3.8, 4) is 0 Å². The minimum absolute atomic E-state index is 0.0380. The van der Waals surface area contributed by atoms with E-state index in [1.54, 1.807) is 13.8 Å². The minimum atomic E-state index is -1.21. The van der Waals surface area contributed by atoms with Crippen LogP contribution in [0.4, 0.5) is 5.82 Å². The van der Waals surface area contributed by atoms with Gasteiger partial charge in [-0.1, -0.05) is 42.4 Å². The molecular formula is C26H32N6O6S. The zero-order chi connectivity index (χ0) is 28.2. The lowest BCUT2D eigenvalue weighted by molar-refractivity contribution is -0.140. The van der Waals surface area contributed by atoms with Gasteiger partial charge in [0.1, 0.15) is 6.04 Å². The summed E-state index contributed by atoms with van der Waals surface area (Å²) in [4.78, 5) is 58.7. The van der Waals surface area contributed by atoms with Crippen molar-refractivity contribution in [2.45, 2.75) is 57.4 Å². The fourth-order valence-corrected chi connectivity index (χ4v) is 4.75. The maximum Gasteiger partial charge on any atom is 0.305 e. The Labute approximate surface area is 229 Å². The summed E-state index contributed by atoms with van der Waals surface area (Å²) in [7, 11) is 0. The number of hydrogen-bond donors (Lipinski definition) is 3. The molecule has 0 aliphatic rings. The van der Waals surface area contributed by atoms with E-state index >= 15 is 0 Å². The summed E-state index contributed by atoms with van der Waals surface area (Å²) in [5, 5.41) is 18.6. The lowest BCUT2D eigenvalue weighted by Gasteiger charge is -2.22. The summed E-state index contributed by atoms with van der Waals surface area (Å²) in [6.07, 6.45) is 3.62. The van der Waals surface area contributed by atoms with E-state index in [2.05, 4.69) is 25.8 Å². The average Bonchev–Trinajstić information content (AvgIpc) is 3.33. The first-order valence-corrected chi connectivity index (χ1v) is 13.7. The number of carboxylic acids is 1. The molecule has 0 spiro atoms. The SMILES string of the molecule is CC[C@@H](C(=O)N[C@@H](CC(=O)O)C(=O)CSCc1ccccc1)n1ccnc(NCCCc2nc(C)no2)c1=O. The van der Waals surface area contributed by atoms with Crippen molar-refractivity contribution in [1.82, 2.24) is 25.0 Å². The van der Waals surface area contributed by atoms with Crippen molar-refractivity contribution in [3.63, 3.8) is 0 Å². The van der Waals surface area contributed by atoms with Crippen molar-refractivity contribution >= 4 is 35.2 Å². The Morgan fingerprint density at radius 2 is 1.97 bits per heavy atom. The molecule has 0 saturated carbocycles. The van der Waals surface area contributed by atoms with Gasteiger partial charge in [0.05, 0.1) is 18.2 Å². The van der Waals surface area contributed by atoms with Gasteiger partial charge in [-0.05, 0) is 25.3 Å². The first-order valence-electron chi connectivity index (χ1n) is 12.5. The lowest BCUT2D eigenvalue weighted by Crippen LogP contribution is -2.47. The maximum absolute atomic E-state index is 13.2. The predicted molar refractivity (Wildman–Crippen MR) is 145 cm³/mol. The van der Waals surface area contributed by atoms with Gasteiger partial charge in [0, 0.05) is 31.1 Å². The van der Waals surface area contributed by atoms with E-state index in [1.165, 1.54) is 28.7 Å². The molecular weight excluding hydrogens is 524 g/mol. The minimum Gasteiger partial charge on any atom is -0.481 e. The Kier molecular flexibility index (Phi) is 11.2. The average molecular weight is 557 g/mol. The van der Waals surface area contributed by atoms with Crippen LogP contribution >= 0.6 is 11.8 Å². The van der Waals surface area contributed by atoms with Crippen molar-refractivity contribution in [2.24, 2.45) is 0 Å². The van der Waals surface area contributed by atoms with Crippen LogP contribution in [-0.2, 0) is 26.6 Å². The molecule has 2 aromatic heterocycles. The van der Waals surface area contributed by atoms with E-state index in [1.807, 2.05) is 30.3 Å². The van der Waals surface area contributed by atoms with Gasteiger partial charge in [-0.25, -0.2) is 4.98 Å². The van der Waals surface area contributed by atoms with Crippen LogP contribution < -0.4 is 16.2 Å². The van der Waals surface area contributed by atoms with Crippen molar-refractivity contribution < 1.29 is 24.0 Å². The summed E-state index contributed by atoms with van der Waals surface area (Å²) < 4.78 is 6.30. The van der Waals surface area contributed by atoms with E-state index < -0.39 is 41.7 Å². The van der Waals surface area contributed by atoms with Crippen molar-refractivity contribution in [2.75, 3.05) is 17.6 Å². The molecule has 0 bridgehead atoms. The van der Waals surface area contributed by atoms with E-state index in [0.717, 1.165) is 5.56 Å². The molecule has 0 saturated heterocycles. The van der Waals surface area contributed by atoms with Crippen molar-refractivity contribution in [3.05, 3.63) is 70.4 Å². The lowest BCUT2D eigenvalue weighted by atomic mass is 10.1. The highest BCUT2D eigenvalue weighted by Gasteiger charge is 2.28. The number of carbonyl (C=O) groups is 3. The Morgan fingerprint density at radius 1 is 1.21 bits per heavy atom. The van der Waals surface area contributed by atoms with Crippen molar-refractivity contribution in [1.29, 1.82) is 0 Å². The highest BCUT2D eigenvalue weighted by molar-refractivity contribution is 7.99.